The lowest BCUT2D eigenvalue weighted by Gasteiger charge is -2.35. The summed E-state index contributed by atoms with van der Waals surface area (Å²) in [6, 6.07) is 7.87. The Labute approximate surface area is 162 Å². The van der Waals surface area contributed by atoms with Gasteiger partial charge in [0.15, 0.2) is 4.96 Å². The summed E-state index contributed by atoms with van der Waals surface area (Å²) in [5.74, 6) is 0.687. The van der Waals surface area contributed by atoms with E-state index in [1.165, 1.54) is 11.3 Å². The molecule has 6 nitrogen and oxygen atoms in total. The first-order valence-electron chi connectivity index (χ1n) is 9.02. The summed E-state index contributed by atoms with van der Waals surface area (Å²) < 4.78 is 13.0. The van der Waals surface area contributed by atoms with Crippen molar-refractivity contribution in [2.24, 2.45) is 0 Å². The van der Waals surface area contributed by atoms with Gasteiger partial charge in [-0.05, 0) is 38.8 Å². The Balaban J connectivity index is 1.60. The summed E-state index contributed by atoms with van der Waals surface area (Å²) in [5.41, 5.74) is 2.11. The molecule has 1 aromatic carbocycles. The Morgan fingerprint density at radius 1 is 1.41 bits per heavy atom. The van der Waals surface area contributed by atoms with Crippen LogP contribution < -0.4 is 10.1 Å². The second-order valence-electron chi connectivity index (χ2n) is 7.37. The molecule has 0 radical (unpaired) electrons. The number of fused-ring (bicyclic) bond motifs is 1. The number of thiazole rings is 1. The molecule has 1 atom stereocenters. The molecule has 1 aliphatic rings. The number of carbonyl (C=O) groups excluding carboxylic acids is 1. The summed E-state index contributed by atoms with van der Waals surface area (Å²) in [6.45, 7) is 4.78. The molecule has 4 rings (SSSR count). The van der Waals surface area contributed by atoms with E-state index in [-0.39, 0.29) is 17.6 Å². The van der Waals surface area contributed by atoms with Crippen molar-refractivity contribution >= 4 is 22.2 Å². The van der Waals surface area contributed by atoms with E-state index in [0.29, 0.717) is 12.3 Å². The zero-order valence-corrected chi connectivity index (χ0v) is 16.5. The van der Waals surface area contributed by atoms with Crippen molar-refractivity contribution in [2.45, 2.75) is 38.3 Å². The van der Waals surface area contributed by atoms with Crippen molar-refractivity contribution in [3.63, 3.8) is 0 Å². The number of amides is 1. The second-order valence-corrected chi connectivity index (χ2v) is 8.21. The van der Waals surface area contributed by atoms with Gasteiger partial charge >= 0.3 is 0 Å². The quantitative estimate of drug-likeness (QED) is 0.743. The van der Waals surface area contributed by atoms with Crippen molar-refractivity contribution in [3.05, 3.63) is 41.5 Å². The predicted molar refractivity (Wildman–Crippen MR) is 106 cm³/mol. The van der Waals surface area contributed by atoms with E-state index >= 15 is 0 Å². The number of carbonyl (C=O) groups is 1. The number of nitrogens with one attached hydrogen (secondary N) is 1. The Hall–Kier alpha value is -2.38. The van der Waals surface area contributed by atoms with Gasteiger partial charge in [0.1, 0.15) is 11.4 Å². The highest BCUT2D eigenvalue weighted by Crippen LogP contribution is 2.31. The normalized spacial score (nSPS) is 19.1. The third kappa shape index (κ3) is 3.57. The fraction of sp³-hybridized carbons (Fsp3) is 0.400. The first-order valence-corrected chi connectivity index (χ1v) is 9.89. The van der Waals surface area contributed by atoms with E-state index in [1.807, 2.05) is 40.2 Å². The van der Waals surface area contributed by atoms with Gasteiger partial charge in [-0.3, -0.25) is 9.20 Å². The fourth-order valence-electron chi connectivity index (χ4n) is 3.55. The molecule has 3 aromatic rings. The van der Waals surface area contributed by atoms with E-state index in [9.17, 15) is 4.79 Å². The third-order valence-corrected chi connectivity index (χ3v) is 5.70. The van der Waals surface area contributed by atoms with Crippen LogP contribution in [0, 0.1) is 0 Å². The maximum absolute atomic E-state index is 12.8. The van der Waals surface area contributed by atoms with Gasteiger partial charge in [-0.2, -0.15) is 0 Å². The van der Waals surface area contributed by atoms with Crippen LogP contribution in [0.3, 0.4) is 0 Å². The predicted octanol–water partition coefficient (Wildman–Crippen LogP) is 3.76. The molecule has 142 valence electrons. The fourth-order valence-corrected chi connectivity index (χ4v) is 4.40. The van der Waals surface area contributed by atoms with E-state index in [1.54, 1.807) is 7.11 Å². The molecular weight excluding hydrogens is 362 g/mol. The average molecular weight is 385 g/mol. The zero-order valence-electron chi connectivity index (χ0n) is 15.7. The highest BCUT2D eigenvalue weighted by atomic mass is 32.1. The molecule has 0 aliphatic carbocycles. The summed E-state index contributed by atoms with van der Waals surface area (Å²) in [6.07, 6.45) is 3.54. The van der Waals surface area contributed by atoms with Crippen molar-refractivity contribution in [1.29, 1.82) is 0 Å². The van der Waals surface area contributed by atoms with E-state index in [2.05, 4.69) is 24.1 Å². The Bertz CT molecular complexity index is 976. The van der Waals surface area contributed by atoms with Gasteiger partial charge in [0.25, 0.3) is 5.91 Å². The maximum atomic E-state index is 12.8. The number of para-hydroxylation sites is 1. The number of nitrogens with zero attached hydrogens (tertiary/aromatic N) is 2. The lowest BCUT2D eigenvalue weighted by molar-refractivity contribution is -0.0615. The van der Waals surface area contributed by atoms with Crippen LogP contribution >= 0.6 is 11.3 Å². The van der Waals surface area contributed by atoms with E-state index < -0.39 is 0 Å². The molecule has 1 fully saturated rings. The maximum Gasteiger partial charge on any atom is 0.269 e. The summed E-state index contributed by atoms with van der Waals surface area (Å²) in [4.78, 5) is 18.3. The van der Waals surface area contributed by atoms with Crippen molar-refractivity contribution in [2.75, 3.05) is 13.7 Å². The first kappa shape index (κ1) is 18.0. The highest BCUT2D eigenvalue weighted by Gasteiger charge is 2.30. The number of hydrogen-bond acceptors (Lipinski definition) is 5. The van der Waals surface area contributed by atoms with E-state index in [0.717, 1.165) is 34.8 Å². The second kappa shape index (κ2) is 6.98. The van der Waals surface area contributed by atoms with E-state index in [4.69, 9.17) is 9.47 Å². The number of rotatable bonds is 4. The van der Waals surface area contributed by atoms with Gasteiger partial charge in [0, 0.05) is 29.8 Å². The van der Waals surface area contributed by atoms with Crippen LogP contribution in [0.15, 0.2) is 35.8 Å². The zero-order chi connectivity index (χ0) is 19.0. The minimum Gasteiger partial charge on any atom is -0.496 e. The smallest absolute Gasteiger partial charge is 0.269 e. The molecule has 0 saturated carbocycles. The van der Waals surface area contributed by atoms with Gasteiger partial charge in [-0.1, -0.05) is 12.1 Å². The summed E-state index contributed by atoms with van der Waals surface area (Å²) in [7, 11) is 1.64. The van der Waals surface area contributed by atoms with Crippen LogP contribution in [-0.4, -0.2) is 40.7 Å². The number of benzene rings is 1. The van der Waals surface area contributed by atoms with Gasteiger partial charge < -0.3 is 14.8 Å². The van der Waals surface area contributed by atoms with Crippen LogP contribution in [0.25, 0.3) is 16.2 Å². The lowest BCUT2D eigenvalue weighted by Crippen LogP contribution is -2.46. The minimum absolute atomic E-state index is 0.0760. The molecule has 3 heterocycles. The first-order chi connectivity index (χ1) is 13.0. The van der Waals surface area contributed by atoms with Gasteiger partial charge in [0.2, 0.25) is 0 Å². The largest absolute Gasteiger partial charge is 0.496 e. The lowest BCUT2D eigenvalue weighted by atomic mass is 9.94. The number of methoxy groups -OCH3 is 1. The van der Waals surface area contributed by atoms with Crippen LogP contribution in [0.4, 0.5) is 0 Å². The molecule has 1 aliphatic heterocycles. The van der Waals surface area contributed by atoms with Crippen LogP contribution in [-0.2, 0) is 4.74 Å². The highest BCUT2D eigenvalue weighted by molar-refractivity contribution is 7.15. The molecule has 1 saturated heterocycles. The molecule has 0 spiro atoms. The number of hydrogen-bond donors (Lipinski definition) is 1. The molecule has 0 unspecified atom stereocenters. The molecule has 7 heteroatoms. The molecular formula is C20H23N3O3S. The van der Waals surface area contributed by atoms with Crippen LogP contribution in [0.5, 0.6) is 5.75 Å². The molecule has 1 amide bonds. The Kier molecular flexibility index (Phi) is 4.65. The molecule has 27 heavy (non-hydrogen) atoms. The Morgan fingerprint density at radius 2 is 2.22 bits per heavy atom. The minimum atomic E-state index is -0.202. The molecule has 1 N–H and O–H groups in total. The van der Waals surface area contributed by atoms with Crippen LogP contribution in [0.1, 0.15) is 37.2 Å². The third-order valence-electron chi connectivity index (χ3n) is 4.86. The summed E-state index contributed by atoms with van der Waals surface area (Å²) >= 11 is 1.46. The van der Waals surface area contributed by atoms with Crippen molar-refractivity contribution in [3.8, 4) is 17.0 Å². The topological polar surface area (TPSA) is 64.9 Å². The van der Waals surface area contributed by atoms with Gasteiger partial charge in [0.05, 0.1) is 18.4 Å². The number of imidazole rings is 1. The molecule has 0 bridgehead atoms. The van der Waals surface area contributed by atoms with Gasteiger partial charge in [-0.25, -0.2) is 4.98 Å². The van der Waals surface area contributed by atoms with Crippen molar-refractivity contribution < 1.29 is 14.3 Å². The number of ether oxygens (including phenoxy) is 2. The monoisotopic (exact) mass is 385 g/mol. The SMILES string of the molecule is COc1ccccc1-c1cn2c(C(=O)N[C@@H]3CCOC(C)(C)C3)csc2n1. The standard InChI is InChI=1S/C20H23N3O3S/c1-20(2)10-13(8-9-26-20)21-18(24)16-12-27-19-22-15(11-23(16)19)14-6-4-5-7-17(14)25-3/h4-7,11-13H,8-10H2,1-3H3,(H,21,24)/t13-/m1/s1. The average Bonchev–Trinajstić information content (AvgIpc) is 3.21. The van der Waals surface area contributed by atoms with Crippen LogP contribution in [0.2, 0.25) is 0 Å². The number of aromatic nitrogens is 2. The van der Waals surface area contributed by atoms with Crippen molar-refractivity contribution in [1.82, 2.24) is 14.7 Å². The van der Waals surface area contributed by atoms with Gasteiger partial charge in [-0.15, -0.1) is 11.3 Å². The summed E-state index contributed by atoms with van der Waals surface area (Å²) in [5, 5.41) is 5.01. The molecule has 2 aromatic heterocycles. The Morgan fingerprint density at radius 3 is 3.00 bits per heavy atom.